The lowest BCUT2D eigenvalue weighted by Gasteiger charge is -2.11. The van der Waals surface area contributed by atoms with Crippen molar-refractivity contribution in [2.24, 2.45) is 0 Å². The van der Waals surface area contributed by atoms with Gasteiger partial charge in [-0.3, -0.25) is 8.97 Å². The first-order chi connectivity index (χ1) is 17.9. The number of benzene rings is 4. The molecule has 36 heavy (non-hydrogen) atoms. The second-order valence-corrected chi connectivity index (χ2v) is 8.98. The Hall–Kier alpha value is -5.03. The number of imidazole rings is 1. The molecule has 0 aliphatic rings. The molecule has 0 atom stereocenters. The third-order valence-corrected chi connectivity index (χ3v) is 6.95. The molecule has 0 radical (unpaired) electrons. The number of hydrogen-bond acceptors (Lipinski definition) is 3. The van der Waals surface area contributed by atoms with E-state index in [1.807, 2.05) is 48.5 Å². The van der Waals surface area contributed by atoms with Crippen molar-refractivity contribution in [3.05, 3.63) is 115 Å². The van der Waals surface area contributed by atoms with Crippen LogP contribution in [0.3, 0.4) is 0 Å². The van der Waals surface area contributed by atoms with Gasteiger partial charge in [-0.05, 0) is 36.4 Å². The van der Waals surface area contributed by atoms with Crippen molar-refractivity contribution in [3.63, 3.8) is 0 Å². The van der Waals surface area contributed by atoms with Crippen molar-refractivity contribution < 1.29 is 0 Å². The second kappa shape index (κ2) is 7.23. The summed E-state index contributed by atoms with van der Waals surface area (Å²) in [6.45, 7) is 0. The summed E-state index contributed by atoms with van der Waals surface area (Å²) in [5.74, 6) is 0.655. The first-order valence-electron chi connectivity index (χ1n) is 12.0. The fourth-order valence-corrected chi connectivity index (χ4v) is 5.38. The number of rotatable bonds is 2. The SMILES string of the molecule is c1ccc(-c2nc(-n3c4ccccc4c4c5nc6ccccn6c5ccc43)nc3ccccc23)cc1. The normalized spacial score (nSPS) is 11.9. The second-order valence-electron chi connectivity index (χ2n) is 8.98. The highest BCUT2D eigenvalue weighted by atomic mass is 15.2. The van der Waals surface area contributed by atoms with Gasteiger partial charge in [-0.2, -0.15) is 0 Å². The Bertz CT molecular complexity index is 2100. The summed E-state index contributed by atoms with van der Waals surface area (Å²) in [5, 5.41) is 3.29. The first-order valence-corrected chi connectivity index (χ1v) is 12.0. The lowest BCUT2D eigenvalue weighted by molar-refractivity contribution is 1.01. The van der Waals surface area contributed by atoms with Gasteiger partial charge in [0.05, 0.1) is 33.3 Å². The topological polar surface area (TPSA) is 48.0 Å². The fraction of sp³-hybridized carbons (Fsp3) is 0. The zero-order valence-electron chi connectivity index (χ0n) is 19.2. The maximum atomic E-state index is 5.16. The largest absolute Gasteiger partial charge is 0.300 e. The Balaban J connectivity index is 1.53. The molecule has 5 heteroatoms. The molecule has 0 saturated heterocycles. The quantitative estimate of drug-likeness (QED) is 0.274. The van der Waals surface area contributed by atoms with Crippen molar-refractivity contribution in [3.8, 4) is 17.2 Å². The summed E-state index contributed by atoms with van der Waals surface area (Å²) in [5.41, 5.74) is 8.03. The molecule has 0 spiro atoms. The minimum absolute atomic E-state index is 0.655. The van der Waals surface area contributed by atoms with Gasteiger partial charge < -0.3 is 0 Å². The molecular formula is C31H19N5. The van der Waals surface area contributed by atoms with Crippen LogP contribution in [0.2, 0.25) is 0 Å². The predicted octanol–water partition coefficient (Wildman–Crippen LogP) is 7.19. The summed E-state index contributed by atoms with van der Waals surface area (Å²) in [7, 11) is 0. The van der Waals surface area contributed by atoms with Crippen molar-refractivity contribution in [2.45, 2.75) is 0 Å². The number of pyridine rings is 1. The molecule has 0 saturated carbocycles. The van der Waals surface area contributed by atoms with Gasteiger partial charge in [-0.1, -0.05) is 72.8 Å². The number of aromatic nitrogens is 5. The smallest absolute Gasteiger partial charge is 0.235 e. The summed E-state index contributed by atoms with van der Waals surface area (Å²) in [4.78, 5) is 15.2. The zero-order valence-corrected chi connectivity index (χ0v) is 19.2. The lowest BCUT2D eigenvalue weighted by atomic mass is 10.1. The van der Waals surface area contributed by atoms with Crippen molar-refractivity contribution in [1.29, 1.82) is 0 Å². The van der Waals surface area contributed by atoms with Gasteiger partial charge in [0, 0.05) is 27.9 Å². The predicted molar refractivity (Wildman–Crippen MR) is 146 cm³/mol. The monoisotopic (exact) mass is 461 g/mol. The molecule has 0 aliphatic carbocycles. The van der Waals surface area contributed by atoms with Crippen LogP contribution in [-0.2, 0) is 0 Å². The maximum Gasteiger partial charge on any atom is 0.235 e. The zero-order chi connectivity index (χ0) is 23.6. The van der Waals surface area contributed by atoms with Crippen molar-refractivity contribution in [1.82, 2.24) is 23.9 Å². The molecule has 4 heterocycles. The van der Waals surface area contributed by atoms with Crippen LogP contribution in [0, 0.1) is 0 Å². The number of fused-ring (bicyclic) bond motifs is 8. The van der Waals surface area contributed by atoms with E-state index in [2.05, 4.69) is 75.8 Å². The molecule has 4 aromatic carbocycles. The Morgan fingerprint density at radius 2 is 1.28 bits per heavy atom. The van der Waals surface area contributed by atoms with Gasteiger partial charge in [-0.25, -0.2) is 15.0 Å². The van der Waals surface area contributed by atoms with E-state index in [1.54, 1.807) is 0 Å². The van der Waals surface area contributed by atoms with Gasteiger partial charge in [0.2, 0.25) is 5.95 Å². The van der Waals surface area contributed by atoms with E-state index in [9.17, 15) is 0 Å². The van der Waals surface area contributed by atoms with E-state index < -0.39 is 0 Å². The molecule has 4 aromatic heterocycles. The van der Waals surface area contributed by atoms with Crippen LogP contribution < -0.4 is 0 Å². The van der Waals surface area contributed by atoms with E-state index in [1.165, 1.54) is 0 Å². The molecule has 0 fully saturated rings. The molecule has 168 valence electrons. The highest BCUT2D eigenvalue weighted by molar-refractivity contribution is 6.20. The minimum Gasteiger partial charge on any atom is -0.300 e. The first kappa shape index (κ1) is 19.3. The maximum absolute atomic E-state index is 5.16. The molecule has 0 unspecified atom stereocenters. The average Bonchev–Trinajstić information content (AvgIpc) is 3.48. The van der Waals surface area contributed by atoms with Crippen LogP contribution >= 0.6 is 0 Å². The van der Waals surface area contributed by atoms with E-state index >= 15 is 0 Å². The van der Waals surface area contributed by atoms with Gasteiger partial charge in [0.25, 0.3) is 0 Å². The molecular weight excluding hydrogens is 442 g/mol. The number of nitrogens with zero attached hydrogens (tertiary/aromatic N) is 5. The third-order valence-electron chi connectivity index (χ3n) is 6.95. The van der Waals surface area contributed by atoms with Crippen LogP contribution in [-0.4, -0.2) is 23.9 Å². The standard InChI is InChI=1S/C31H19N5/c1-2-10-20(11-3-1)29-21-12-4-6-14-23(21)32-31(34-29)36-24-15-7-5-13-22(24)28-25(36)17-18-26-30(28)33-27-16-8-9-19-35(26)27/h1-19H. The van der Waals surface area contributed by atoms with Gasteiger partial charge >= 0.3 is 0 Å². The molecule has 5 nitrogen and oxygen atoms in total. The van der Waals surface area contributed by atoms with E-state index in [0.29, 0.717) is 5.95 Å². The van der Waals surface area contributed by atoms with Gasteiger partial charge in [0.1, 0.15) is 5.65 Å². The molecule has 0 bridgehead atoms. The van der Waals surface area contributed by atoms with Crippen LogP contribution in [0.15, 0.2) is 115 Å². The highest BCUT2D eigenvalue weighted by Gasteiger charge is 2.20. The summed E-state index contributed by atoms with van der Waals surface area (Å²) in [6, 6.07) is 37.4. The van der Waals surface area contributed by atoms with Crippen LogP contribution in [0.4, 0.5) is 0 Å². The Labute approximate surface area is 205 Å². The Morgan fingerprint density at radius 3 is 2.19 bits per heavy atom. The van der Waals surface area contributed by atoms with Crippen molar-refractivity contribution in [2.75, 3.05) is 0 Å². The lowest BCUT2D eigenvalue weighted by Crippen LogP contribution is -2.03. The summed E-state index contributed by atoms with van der Waals surface area (Å²) < 4.78 is 4.31. The van der Waals surface area contributed by atoms with E-state index in [4.69, 9.17) is 15.0 Å². The van der Waals surface area contributed by atoms with Crippen LogP contribution in [0.5, 0.6) is 0 Å². The highest BCUT2D eigenvalue weighted by Crippen LogP contribution is 2.37. The summed E-state index contributed by atoms with van der Waals surface area (Å²) >= 11 is 0. The summed E-state index contributed by atoms with van der Waals surface area (Å²) in [6.07, 6.45) is 2.06. The molecule has 8 rings (SSSR count). The van der Waals surface area contributed by atoms with Gasteiger partial charge in [0.15, 0.2) is 0 Å². The van der Waals surface area contributed by atoms with Crippen LogP contribution in [0.25, 0.3) is 66.6 Å². The van der Waals surface area contributed by atoms with Crippen molar-refractivity contribution >= 4 is 49.4 Å². The molecule has 8 aromatic rings. The van der Waals surface area contributed by atoms with E-state index in [-0.39, 0.29) is 0 Å². The Morgan fingerprint density at radius 1 is 0.528 bits per heavy atom. The molecule has 0 aliphatic heterocycles. The fourth-order valence-electron chi connectivity index (χ4n) is 5.38. The third kappa shape index (κ3) is 2.62. The van der Waals surface area contributed by atoms with Gasteiger partial charge in [-0.15, -0.1) is 0 Å². The number of para-hydroxylation sites is 2. The van der Waals surface area contributed by atoms with E-state index in [0.717, 1.165) is 60.6 Å². The molecule has 0 N–H and O–H groups in total. The average molecular weight is 462 g/mol. The Kier molecular flexibility index (Phi) is 3.88. The molecule has 0 amide bonds. The van der Waals surface area contributed by atoms with Crippen LogP contribution in [0.1, 0.15) is 0 Å². The number of hydrogen-bond donors (Lipinski definition) is 0. The minimum atomic E-state index is 0.655.